The van der Waals surface area contributed by atoms with E-state index in [1.54, 1.807) is 12.1 Å². The summed E-state index contributed by atoms with van der Waals surface area (Å²) in [6.45, 7) is 0.444. The van der Waals surface area contributed by atoms with Gasteiger partial charge in [-0.25, -0.2) is 0 Å². The van der Waals surface area contributed by atoms with Crippen molar-refractivity contribution in [1.29, 1.82) is 0 Å². The van der Waals surface area contributed by atoms with Gasteiger partial charge in [-0.2, -0.15) is 18.2 Å². The number of rotatable bonds is 8. The summed E-state index contributed by atoms with van der Waals surface area (Å²) in [5.41, 5.74) is 0.948. The minimum absolute atomic E-state index is 0.126. The highest BCUT2D eigenvalue weighted by atomic mass is 19.4. The fraction of sp³-hybridized carbons (Fsp3) is 0.111. The van der Waals surface area contributed by atoms with Gasteiger partial charge in [0.2, 0.25) is 11.8 Å². The van der Waals surface area contributed by atoms with E-state index in [4.69, 9.17) is 9.47 Å². The summed E-state index contributed by atoms with van der Waals surface area (Å²) in [6, 6.07) is 25.5. The molecule has 7 heteroatoms. The Bertz CT molecular complexity index is 1260. The lowest BCUT2D eigenvalue weighted by atomic mass is 10.00. The van der Waals surface area contributed by atoms with Crippen molar-refractivity contribution in [2.24, 2.45) is 0 Å². The first-order valence-electron chi connectivity index (χ1n) is 10.5. The van der Waals surface area contributed by atoms with Crippen molar-refractivity contribution >= 4 is 6.29 Å². The average Bonchev–Trinajstić information content (AvgIpc) is 2.86. The van der Waals surface area contributed by atoms with Crippen LogP contribution in [-0.2, 0) is 19.4 Å². The van der Waals surface area contributed by atoms with Crippen LogP contribution < -0.4 is 9.47 Å². The van der Waals surface area contributed by atoms with Crippen LogP contribution in [0.25, 0.3) is 11.1 Å². The second-order valence-electron chi connectivity index (χ2n) is 7.47. The molecule has 4 aromatic rings. The van der Waals surface area contributed by atoms with Gasteiger partial charge in [-0.05, 0) is 28.8 Å². The lowest BCUT2D eigenvalue weighted by Gasteiger charge is -2.15. The quantitative estimate of drug-likeness (QED) is 0.272. The molecule has 0 aliphatic heterocycles. The maximum Gasteiger partial charge on any atom is 0.417 e. The van der Waals surface area contributed by atoms with Gasteiger partial charge in [0.15, 0.2) is 6.29 Å². The zero-order chi connectivity index (χ0) is 24.0. The molecule has 0 spiro atoms. The maximum atomic E-state index is 13.5. The summed E-state index contributed by atoms with van der Waals surface area (Å²) in [5, 5.41) is 0. The molecule has 0 aliphatic rings. The van der Waals surface area contributed by atoms with Crippen LogP contribution in [-0.4, -0.2) is 11.3 Å². The van der Waals surface area contributed by atoms with Crippen molar-refractivity contribution in [2.45, 2.75) is 19.4 Å². The summed E-state index contributed by atoms with van der Waals surface area (Å²) in [5.74, 6) is 0.401. The summed E-state index contributed by atoms with van der Waals surface area (Å²) < 4.78 is 52.2. The molecule has 0 amide bonds. The number of nitrogens with zero attached hydrogens (tertiary/aromatic N) is 1. The number of hydrogen-bond donors (Lipinski definition) is 0. The number of carbonyl (C=O) groups excluding carboxylic acids is 1. The van der Waals surface area contributed by atoms with Crippen LogP contribution in [0.4, 0.5) is 13.2 Å². The molecule has 1 aromatic heterocycles. The minimum atomic E-state index is -4.68. The number of aldehydes is 1. The van der Waals surface area contributed by atoms with Gasteiger partial charge in [-0.15, -0.1) is 0 Å². The highest BCUT2D eigenvalue weighted by Crippen LogP contribution is 2.37. The normalized spacial score (nSPS) is 11.1. The molecule has 4 nitrogen and oxygen atoms in total. The maximum absolute atomic E-state index is 13.5. The van der Waals surface area contributed by atoms with Crippen LogP contribution >= 0.6 is 0 Å². The van der Waals surface area contributed by atoms with E-state index in [1.165, 1.54) is 6.07 Å². The van der Waals surface area contributed by atoms with Gasteiger partial charge in [0, 0.05) is 17.2 Å². The number of carbonyl (C=O) groups is 1. The topological polar surface area (TPSA) is 48.4 Å². The Morgan fingerprint density at radius 1 is 0.765 bits per heavy atom. The molecule has 0 atom stereocenters. The predicted molar refractivity (Wildman–Crippen MR) is 122 cm³/mol. The first kappa shape index (κ1) is 23.0. The second-order valence-corrected chi connectivity index (χ2v) is 7.47. The van der Waals surface area contributed by atoms with E-state index in [1.807, 2.05) is 60.7 Å². The Hall–Kier alpha value is -4.13. The molecule has 3 aromatic carbocycles. The van der Waals surface area contributed by atoms with Crippen molar-refractivity contribution in [1.82, 2.24) is 4.98 Å². The molecule has 34 heavy (non-hydrogen) atoms. The van der Waals surface area contributed by atoms with Gasteiger partial charge in [-0.3, -0.25) is 4.79 Å². The van der Waals surface area contributed by atoms with Crippen LogP contribution in [0.5, 0.6) is 11.8 Å². The third-order valence-electron chi connectivity index (χ3n) is 5.08. The molecule has 0 saturated carbocycles. The SMILES string of the molecule is O=Cc1ccc(-c2ccc(OCc3ccccc3)nc2OCc2ccccc2)cc1C(F)(F)F. The number of ether oxygens (including phenoxy) is 2. The third kappa shape index (κ3) is 5.61. The van der Waals surface area contributed by atoms with E-state index in [-0.39, 0.29) is 36.8 Å². The molecule has 0 fully saturated rings. The molecule has 0 unspecified atom stereocenters. The first-order valence-corrected chi connectivity index (χ1v) is 10.5. The van der Waals surface area contributed by atoms with Gasteiger partial charge in [-0.1, -0.05) is 72.8 Å². The molecule has 0 saturated heterocycles. The standard InChI is InChI=1S/C27H20F3NO3/c28-27(29,30)24-15-21(11-12-22(24)16-32)23-13-14-25(33-17-19-7-3-1-4-8-19)31-26(23)34-18-20-9-5-2-6-10-20/h1-16H,17-18H2. The van der Waals surface area contributed by atoms with Crippen LogP contribution in [0.1, 0.15) is 27.0 Å². The van der Waals surface area contributed by atoms with Crippen molar-refractivity contribution in [3.8, 4) is 22.9 Å². The van der Waals surface area contributed by atoms with Crippen LogP contribution in [0, 0.1) is 0 Å². The Labute approximate surface area is 194 Å². The predicted octanol–water partition coefficient (Wildman–Crippen LogP) is 6.74. The van der Waals surface area contributed by atoms with Gasteiger partial charge in [0.25, 0.3) is 0 Å². The van der Waals surface area contributed by atoms with E-state index in [9.17, 15) is 18.0 Å². The lowest BCUT2D eigenvalue weighted by molar-refractivity contribution is -0.137. The minimum Gasteiger partial charge on any atom is -0.473 e. The van der Waals surface area contributed by atoms with Crippen molar-refractivity contribution in [3.63, 3.8) is 0 Å². The van der Waals surface area contributed by atoms with Gasteiger partial charge < -0.3 is 9.47 Å². The van der Waals surface area contributed by atoms with Gasteiger partial charge >= 0.3 is 6.18 Å². The first-order chi connectivity index (χ1) is 16.4. The fourth-order valence-electron chi connectivity index (χ4n) is 3.36. The summed E-state index contributed by atoms with van der Waals surface area (Å²) >= 11 is 0. The molecule has 0 radical (unpaired) electrons. The Balaban J connectivity index is 1.68. The monoisotopic (exact) mass is 463 g/mol. The van der Waals surface area contributed by atoms with E-state index >= 15 is 0 Å². The molecule has 0 N–H and O–H groups in total. The number of pyridine rings is 1. The Kier molecular flexibility index (Phi) is 6.92. The summed E-state index contributed by atoms with van der Waals surface area (Å²) in [7, 11) is 0. The van der Waals surface area contributed by atoms with Gasteiger partial charge in [0.1, 0.15) is 13.2 Å². The Morgan fingerprint density at radius 2 is 1.38 bits per heavy atom. The summed E-state index contributed by atoms with van der Waals surface area (Å²) in [4.78, 5) is 15.5. The van der Waals surface area contributed by atoms with Crippen LogP contribution in [0.2, 0.25) is 0 Å². The molecule has 1 heterocycles. The number of benzene rings is 3. The molecule has 4 rings (SSSR count). The number of hydrogen-bond acceptors (Lipinski definition) is 4. The van der Waals surface area contributed by atoms with Crippen LogP contribution in [0.15, 0.2) is 91.0 Å². The lowest BCUT2D eigenvalue weighted by Crippen LogP contribution is -2.09. The fourth-order valence-corrected chi connectivity index (χ4v) is 3.36. The highest BCUT2D eigenvalue weighted by Gasteiger charge is 2.34. The van der Waals surface area contributed by atoms with Crippen molar-refractivity contribution in [2.75, 3.05) is 0 Å². The third-order valence-corrected chi connectivity index (χ3v) is 5.08. The smallest absolute Gasteiger partial charge is 0.417 e. The van der Waals surface area contributed by atoms with Crippen molar-refractivity contribution < 1.29 is 27.4 Å². The van der Waals surface area contributed by atoms with E-state index in [0.29, 0.717) is 5.56 Å². The molecule has 0 aliphatic carbocycles. The molecular formula is C27H20F3NO3. The Morgan fingerprint density at radius 3 is 1.97 bits per heavy atom. The summed E-state index contributed by atoms with van der Waals surface area (Å²) in [6.07, 6.45) is -4.48. The average molecular weight is 463 g/mol. The van der Waals surface area contributed by atoms with Gasteiger partial charge in [0.05, 0.1) is 5.56 Å². The van der Waals surface area contributed by atoms with E-state index in [0.717, 1.165) is 23.3 Å². The zero-order valence-corrected chi connectivity index (χ0v) is 18.0. The molecule has 172 valence electrons. The van der Waals surface area contributed by atoms with E-state index in [2.05, 4.69) is 4.98 Å². The molecule has 0 bridgehead atoms. The number of halogens is 3. The largest absolute Gasteiger partial charge is 0.473 e. The second kappa shape index (κ2) is 10.2. The number of alkyl halides is 3. The zero-order valence-electron chi connectivity index (χ0n) is 18.0. The highest BCUT2D eigenvalue weighted by molar-refractivity contribution is 5.81. The molecular weight excluding hydrogens is 443 g/mol. The van der Waals surface area contributed by atoms with E-state index < -0.39 is 17.3 Å². The van der Waals surface area contributed by atoms with Crippen LogP contribution in [0.3, 0.4) is 0 Å². The number of aromatic nitrogens is 1. The van der Waals surface area contributed by atoms with Crippen molar-refractivity contribution in [3.05, 3.63) is 113 Å².